The fraction of sp³-hybridized carbons (Fsp3) is 0.333. The first kappa shape index (κ1) is 25.1. The van der Waals surface area contributed by atoms with Gasteiger partial charge in [0.15, 0.2) is 11.6 Å². The Morgan fingerprint density at radius 1 is 0.543 bits per heavy atom. The van der Waals surface area contributed by atoms with Crippen molar-refractivity contribution in [2.45, 2.75) is 56.3 Å². The van der Waals surface area contributed by atoms with Gasteiger partial charge in [-0.05, 0) is 43.2 Å². The number of rotatable bonds is 13. The van der Waals surface area contributed by atoms with Gasteiger partial charge >= 0.3 is 0 Å². The topological polar surface area (TPSA) is 58.2 Å². The molecule has 0 amide bonds. The second-order valence-electron chi connectivity index (χ2n) is 9.16. The maximum atomic E-state index is 13.1. The zero-order valence-corrected chi connectivity index (χ0v) is 21.1. The van der Waals surface area contributed by atoms with Crippen molar-refractivity contribution in [2.75, 3.05) is 23.7 Å². The molecule has 0 aromatic heterocycles. The molecule has 0 spiro atoms. The molecule has 1 aliphatic carbocycles. The van der Waals surface area contributed by atoms with Crippen molar-refractivity contribution in [3.05, 3.63) is 89.0 Å². The van der Waals surface area contributed by atoms with Crippen molar-refractivity contribution in [1.82, 2.24) is 0 Å². The molecule has 5 heteroatoms. The minimum atomic E-state index is -0.0678. The summed E-state index contributed by atoms with van der Waals surface area (Å²) in [5, 5.41) is 6.87. The van der Waals surface area contributed by atoms with Crippen LogP contribution in [0.1, 0.15) is 83.2 Å². The Bertz CT molecular complexity index is 1160. The number of hydrogen-bond acceptors (Lipinski definition) is 5. The maximum Gasteiger partial charge on any atom is 0.196 e. The first-order valence-electron chi connectivity index (χ1n) is 12.7. The summed E-state index contributed by atoms with van der Waals surface area (Å²) in [4.78, 5) is 26.9. The number of carbonyl (C=O) groups is 2. The Kier molecular flexibility index (Phi) is 9.02. The van der Waals surface area contributed by atoms with E-state index in [9.17, 15) is 9.59 Å². The number of nitrogens with one attached hydrogen (secondary N) is 2. The Morgan fingerprint density at radius 3 is 1.74 bits per heavy atom. The van der Waals surface area contributed by atoms with Crippen LogP contribution >= 0.6 is 12.6 Å². The van der Waals surface area contributed by atoms with Crippen molar-refractivity contribution in [3.63, 3.8) is 0 Å². The van der Waals surface area contributed by atoms with Gasteiger partial charge in [-0.15, -0.1) is 12.6 Å². The zero-order valence-electron chi connectivity index (χ0n) is 20.2. The van der Waals surface area contributed by atoms with Crippen LogP contribution in [0.25, 0.3) is 0 Å². The standard InChI is InChI=1S/C30H34N2O2S/c33-29-24-12-7-8-13-25(24)30(34)28-26(29)14-11-15-27(28)32-21-10-6-4-2-1-3-5-9-20-31-22-16-18-23(35)19-17-22/h7-8,11-19,31-32,35H,1-6,9-10,20-21H2. The molecule has 0 radical (unpaired) electrons. The van der Waals surface area contributed by atoms with Crippen molar-refractivity contribution in [2.24, 2.45) is 0 Å². The van der Waals surface area contributed by atoms with E-state index < -0.39 is 0 Å². The van der Waals surface area contributed by atoms with Crippen LogP contribution in [-0.2, 0) is 0 Å². The second kappa shape index (κ2) is 12.6. The first-order chi connectivity index (χ1) is 17.1. The number of benzene rings is 3. The van der Waals surface area contributed by atoms with E-state index in [1.807, 2.05) is 30.3 Å². The van der Waals surface area contributed by atoms with E-state index in [1.54, 1.807) is 24.3 Å². The van der Waals surface area contributed by atoms with Gasteiger partial charge in [-0.2, -0.15) is 0 Å². The van der Waals surface area contributed by atoms with Gasteiger partial charge in [-0.1, -0.05) is 74.9 Å². The maximum absolute atomic E-state index is 13.1. The predicted molar refractivity (Wildman–Crippen MR) is 147 cm³/mol. The SMILES string of the molecule is O=C1c2ccccc2C(=O)c2c(NCCCCCCCCCCNc3ccc(S)cc3)cccc21. The van der Waals surface area contributed by atoms with Crippen molar-refractivity contribution >= 4 is 35.6 Å². The van der Waals surface area contributed by atoms with Gasteiger partial charge < -0.3 is 10.6 Å². The van der Waals surface area contributed by atoms with E-state index in [-0.39, 0.29) is 11.6 Å². The molecule has 0 aliphatic heterocycles. The van der Waals surface area contributed by atoms with E-state index >= 15 is 0 Å². The lowest BCUT2D eigenvalue weighted by atomic mass is 9.83. The highest BCUT2D eigenvalue weighted by Crippen LogP contribution is 2.31. The largest absolute Gasteiger partial charge is 0.385 e. The van der Waals surface area contributed by atoms with Crippen LogP contribution in [0.3, 0.4) is 0 Å². The molecule has 3 aromatic carbocycles. The fourth-order valence-electron chi connectivity index (χ4n) is 4.64. The summed E-state index contributed by atoms with van der Waals surface area (Å²) in [6, 6.07) is 20.8. The lowest BCUT2D eigenvalue weighted by Gasteiger charge is -2.20. The monoisotopic (exact) mass is 486 g/mol. The molecule has 35 heavy (non-hydrogen) atoms. The summed E-state index contributed by atoms with van der Waals surface area (Å²) in [7, 11) is 0. The molecule has 0 fully saturated rings. The molecule has 0 saturated carbocycles. The highest BCUT2D eigenvalue weighted by molar-refractivity contribution is 7.80. The highest BCUT2D eigenvalue weighted by atomic mass is 32.1. The Labute approximate surface area is 213 Å². The average Bonchev–Trinajstić information content (AvgIpc) is 2.89. The Balaban J connectivity index is 1.10. The van der Waals surface area contributed by atoms with Crippen LogP contribution in [0.15, 0.2) is 71.6 Å². The van der Waals surface area contributed by atoms with E-state index in [0.29, 0.717) is 22.3 Å². The van der Waals surface area contributed by atoms with E-state index in [4.69, 9.17) is 0 Å². The van der Waals surface area contributed by atoms with E-state index in [1.165, 1.54) is 44.9 Å². The molecule has 1 aliphatic rings. The number of hydrogen-bond donors (Lipinski definition) is 3. The third kappa shape index (κ3) is 6.55. The summed E-state index contributed by atoms with van der Waals surface area (Å²) in [5.41, 5.74) is 3.96. The molecule has 0 heterocycles. The van der Waals surface area contributed by atoms with Gasteiger partial charge in [0.2, 0.25) is 0 Å². The number of ketones is 2. The summed E-state index contributed by atoms with van der Waals surface area (Å²) < 4.78 is 0. The molecular formula is C30H34N2O2S. The molecular weight excluding hydrogens is 452 g/mol. The predicted octanol–water partition coefficient (Wildman–Crippen LogP) is 7.40. The summed E-state index contributed by atoms with van der Waals surface area (Å²) in [6.45, 7) is 1.82. The Hall–Kier alpha value is -3.05. The fourth-order valence-corrected chi connectivity index (χ4v) is 4.79. The number of carbonyl (C=O) groups excluding carboxylic acids is 2. The summed E-state index contributed by atoms with van der Waals surface area (Å²) >= 11 is 4.31. The molecule has 0 atom stereocenters. The van der Waals surface area contributed by atoms with Crippen LogP contribution < -0.4 is 10.6 Å². The van der Waals surface area contributed by atoms with Gasteiger partial charge in [0.25, 0.3) is 0 Å². The highest BCUT2D eigenvalue weighted by Gasteiger charge is 2.31. The van der Waals surface area contributed by atoms with Crippen molar-refractivity contribution in [1.29, 1.82) is 0 Å². The number of thiol groups is 1. The lowest BCUT2D eigenvalue weighted by molar-refractivity contribution is 0.0979. The van der Waals surface area contributed by atoms with Gasteiger partial charge in [-0.3, -0.25) is 9.59 Å². The van der Waals surface area contributed by atoms with Gasteiger partial charge in [-0.25, -0.2) is 0 Å². The number of anilines is 2. The first-order valence-corrected chi connectivity index (χ1v) is 13.2. The van der Waals surface area contributed by atoms with Crippen molar-refractivity contribution < 1.29 is 9.59 Å². The molecule has 0 saturated heterocycles. The minimum absolute atomic E-state index is 0.0657. The van der Waals surface area contributed by atoms with Crippen LogP contribution in [0, 0.1) is 0 Å². The molecule has 0 bridgehead atoms. The lowest BCUT2D eigenvalue weighted by Crippen LogP contribution is -2.22. The quantitative estimate of drug-likeness (QED) is 0.136. The van der Waals surface area contributed by atoms with Crippen LogP contribution in [0.2, 0.25) is 0 Å². The molecule has 182 valence electrons. The Morgan fingerprint density at radius 2 is 1.09 bits per heavy atom. The third-order valence-electron chi connectivity index (χ3n) is 6.57. The average molecular weight is 487 g/mol. The number of unbranched alkanes of at least 4 members (excludes halogenated alkanes) is 7. The van der Waals surface area contributed by atoms with E-state index in [0.717, 1.165) is 35.8 Å². The number of fused-ring (bicyclic) bond motifs is 2. The normalized spacial score (nSPS) is 12.3. The van der Waals surface area contributed by atoms with Gasteiger partial charge in [0.1, 0.15) is 0 Å². The van der Waals surface area contributed by atoms with Crippen LogP contribution in [0.5, 0.6) is 0 Å². The smallest absolute Gasteiger partial charge is 0.196 e. The van der Waals surface area contributed by atoms with Crippen molar-refractivity contribution in [3.8, 4) is 0 Å². The molecule has 3 aromatic rings. The molecule has 4 rings (SSSR count). The summed E-state index contributed by atoms with van der Waals surface area (Å²) in [5.74, 6) is -0.133. The van der Waals surface area contributed by atoms with Crippen LogP contribution in [-0.4, -0.2) is 24.7 Å². The van der Waals surface area contributed by atoms with Crippen LogP contribution in [0.4, 0.5) is 11.4 Å². The zero-order chi connectivity index (χ0) is 24.5. The second-order valence-corrected chi connectivity index (χ2v) is 9.68. The van der Waals surface area contributed by atoms with Gasteiger partial charge in [0.05, 0.1) is 5.56 Å². The van der Waals surface area contributed by atoms with Gasteiger partial charge in [0, 0.05) is 46.1 Å². The molecule has 4 nitrogen and oxygen atoms in total. The third-order valence-corrected chi connectivity index (χ3v) is 6.87. The van der Waals surface area contributed by atoms with E-state index in [2.05, 4.69) is 35.4 Å². The summed E-state index contributed by atoms with van der Waals surface area (Å²) in [6.07, 6.45) is 9.73. The molecule has 2 N–H and O–H groups in total. The minimum Gasteiger partial charge on any atom is -0.385 e. The molecule has 0 unspecified atom stereocenters.